The van der Waals surface area contributed by atoms with E-state index < -0.39 is 5.60 Å². The fraction of sp³-hybridized carbons (Fsp3) is 0.333. The number of rotatable bonds is 3. The fourth-order valence-corrected chi connectivity index (χ4v) is 5.20. The van der Waals surface area contributed by atoms with Gasteiger partial charge < -0.3 is 15.0 Å². The van der Waals surface area contributed by atoms with E-state index in [-0.39, 0.29) is 6.04 Å². The quantitative estimate of drug-likeness (QED) is 0.609. The molecule has 3 aromatic rings. The fourth-order valence-electron chi connectivity index (χ4n) is 4.86. The number of hydrogen-bond acceptors (Lipinski definition) is 5. The average Bonchev–Trinajstić information content (AvgIpc) is 3.16. The molecule has 166 valence electrons. The van der Waals surface area contributed by atoms with E-state index in [9.17, 15) is 5.11 Å². The van der Waals surface area contributed by atoms with Gasteiger partial charge in [-0.15, -0.1) is 0 Å². The van der Waals surface area contributed by atoms with Gasteiger partial charge >= 0.3 is 0 Å². The van der Waals surface area contributed by atoms with Gasteiger partial charge in [0.15, 0.2) is 0 Å². The molecule has 2 N–H and O–H groups in total. The highest BCUT2D eigenvalue weighted by molar-refractivity contribution is 6.31. The van der Waals surface area contributed by atoms with Crippen molar-refractivity contribution < 1.29 is 5.11 Å². The van der Waals surface area contributed by atoms with E-state index in [1.165, 1.54) is 0 Å². The number of imidazole rings is 1. The number of piperazine rings is 1. The lowest BCUT2D eigenvalue weighted by molar-refractivity contribution is 0.114. The highest BCUT2D eigenvalue weighted by atomic mass is 35.5. The number of aromatic nitrogens is 3. The third-order valence-electron chi connectivity index (χ3n) is 6.43. The smallest absolute Gasteiger partial charge is 0.129 e. The predicted molar refractivity (Wildman–Crippen MR) is 128 cm³/mol. The van der Waals surface area contributed by atoms with Crippen LogP contribution < -0.4 is 5.32 Å². The first kappa shape index (κ1) is 21.6. The molecule has 2 atom stereocenters. The van der Waals surface area contributed by atoms with Crippen molar-refractivity contribution in [3.8, 4) is 0 Å². The number of nitrogens with one attached hydrogen (secondary N) is 1. The second-order valence-electron chi connectivity index (χ2n) is 8.57. The SMILES string of the molecule is Cn1cncc1C(C)(O)C1=Cc2cc(Cl)ccc2[C@@H](N2CCNCC2)c2ncc(Cl)cc21. The lowest BCUT2D eigenvalue weighted by Crippen LogP contribution is -2.45. The van der Waals surface area contributed by atoms with Crippen LogP contribution >= 0.6 is 23.2 Å². The van der Waals surface area contributed by atoms with Crippen LogP contribution in [0.15, 0.2) is 43.0 Å². The van der Waals surface area contributed by atoms with Gasteiger partial charge in [-0.1, -0.05) is 29.3 Å². The van der Waals surface area contributed by atoms with Crippen LogP contribution in [0.25, 0.3) is 11.6 Å². The average molecular weight is 470 g/mol. The summed E-state index contributed by atoms with van der Waals surface area (Å²) in [5.41, 5.74) is 3.86. The molecule has 1 aromatic carbocycles. The summed E-state index contributed by atoms with van der Waals surface area (Å²) >= 11 is 12.9. The van der Waals surface area contributed by atoms with E-state index in [1.54, 1.807) is 25.6 Å². The minimum atomic E-state index is -1.33. The molecule has 2 aliphatic rings. The highest BCUT2D eigenvalue weighted by Gasteiger charge is 2.39. The number of aryl methyl sites for hydroxylation is 1. The number of benzene rings is 1. The molecule has 1 aliphatic heterocycles. The molecule has 6 nitrogen and oxygen atoms in total. The Morgan fingerprint density at radius 1 is 1.12 bits per heavy atom. The van der Waals surface area contributed by atoms with E-state index in [0.717, 1.165) is 48.6 Å². The van der Waals surface area contributed by atoms with Gasteiger partial charge in [0.05, 0.1) is 35.0 Å². The van der Waals surface area contributed by atoms with Crippen LogP contribution in [-0.4, -0.2) is 50.7 Å². The molecule has 3 heterocycles. The van der Waals surface area contributed by atoms with Crippen LogP contribution in [0.2, 0.25) is 10.0 Å². The van der Waals surface area contributed by atoms with Gasteiger partial charge in [0, 0.05) is 50.0 Å². The van der Waals surface area contributed by atoms with Crippen molar-refractivity contribution in [2.24, 2.45) is 7.05 Å². The summed E-state index contributed by atoms with van der Waals surface area (Å²) in [7, 11) is 1.87. The van der Waals surface area contributed by atoms with Gasteiger partial charge in [0.2, 0.25) is 0 Å². The summed E-state index contributed by atoms with van der Waals surface area (Å²) < 4.78 is 1.83. The molecule has 5 rings (SSSR count). The second kappa shape index (κ2) is 8.28. The molecular formula is C24H25Cl2N5O. The molecule has 0 bridgehead atoms. The third-order valence-corrected chi connectivity index (χ3v) is 6.88. The monoisotopic (exact) mass is 469 g/mol. The molecule has 8 heteroatoms. The maximum Gasteiger partial charge on any atom is 0.129 e. The maximum atomic E-state index is 11.9. The maximum absolute atomic E-state index is 11.9. The summed E-state index contributed by atoms with van der Waals surface area (Å²) in [6.07, 6.45) is 7.09. The second-order valence-corrected chi connectivity index (χ2v) is 9.44. The molecule has 1 unspecified atom stereocenters. The molecule has 2 aromatic heterocycles. The zero-order valence-corrected chi connectivity index (χ0v) is 19.5. The summed E-state index contributed by atoms with van der Waals surface area (Å²) in [6.45, 7) is 5.40. The van der Waals surface area contributed by atoms with Gasteiger partial charge in [0.25, 0.3) is 0 Å². The van der Waals surface area contributed by atoms with Crippen molar-refractivity contribution in [1.82, 2.24) is 24.8 Å². The Morgan fingerprint density at radius 2 is 1.91 bits per heavy atom. The zero-order chi connectivity index (χ0) is 22.5. The molecule has 0 saturated carbocycles. The molecule has 1 aliphatic carbocycles. The molecule has 0 radical (unpaired) electrons. The Kier molecular flexibility index (Phi) is 5.60. The normalized spacial score (nSPS) is 20.7. The van der Waals surface area contributed by atoms with Crippen LogP contribution in [0.5, 0.6) is 0 Å². The Balaban J connectivity index is 1.79. The van der Waals surface area contributed by atoms with Crippen molar-refractivity contribution in [3.05, 3.63) is 81.1 Å². The third kappa shape index (κ3) is 3.66. The number of fused-ring (bicyclic) bond motifs is 2. The molecule has 0 amide bonds. The summed E-state index contributed by atoms with van der Waals surface area (Å²) in [4.78, 5) is 11.5. The van der Waals surface area contributed by atoms with Crippen molar-refractivity contribution >= 4 is 34.9 Å². The first-order chi connectivity index (χ1) is 15.4. The molecular weight excluding hydrogens is 445 g/mol. The van der Waals surface area contributed by atoms with Crippen LogP contribution in [0.4, 0.5) is 0 Å². The Hall–Kier alpha value is -2.22. The van der Waals surface area contributed by atoms with Gasteiger partial charge in [-0.05, 0) is 47.9 Å². The standard InChI is InChI=1S/C24H25Cl2N5O/c1-24(32,21-13-28-14-30(21)2)20-10-15-9-16(25)3-4-18(15)23(31-7-5-27-6-8-31)22-19(20)11-17(26)12-29-22/h3-4,9-14,23,27,32H,5-8H2,1-2H3/t23-,24?/m1/s1. The van der Waals surface area contributed by atoms with Crippen molar-refractivity contribution in [2.75, 3.05) is 26.2 Å². The van der Waals surface area contributed by atoms with E-state index in [2.05, 4.69) is 21.3 Å². The van der Waals surface area contributed by atoms with E-state index in [0.29, 0.717) is 21.3 Å². The molecule has 0 spiro atoms. The van der Waals surface area contributed by atoms with Gasteiger partial charge in [-0.3, -0.25) is 9.88 Å². The Bertz CT molecular complexity index is 1200. The Morgan fingerprint density at radius 3 is 2.62 bits per heavy atom. The number of aliphatic hydroxyl groups is 1. The van der Waals surface area contributed by atoms with Crippen molar-refractivity contribution in [1.29, 1.82) is 0 Å². The van der Waals surface area contributed by atoms with Gasteiger partial charge in [-0.25, -0.2) is 4.98 Å². The van der Waals surface area contributed by atoms with Gasteiger partial charge in [0.1, 0.15) is 5.60 Å². The van der Waals surface area contributed by atoms with Crippen LogP contribution in [0.1, 0.15) is 41.0 Å². The topological polar surface area (TPSA) is 66.2 Å². The number of halogens is 2. The summed E-state index contributed by atoms with van der Waals surface area (Å²) in [5.74, 6) is 0. The summed E-state index contributed by atoms with van der Waals surface area (Å²) in [5, 5.41) is 16.5. The predicted octanol–water partition coefficient (Wildman–Crippen LogP) is 3.88. The molecule has 1 saturated heterocycles. The summed E-state index contributed by atoms with van der Waals surface area (Å²) in [6, 6.07) is 7.78. The van der Waals surface area contributed by atoms with Gasteiger partial charge in [-0.2, -0.15) is 0 Å². The first-order valence-corrected chi connectivity index (χ1v) is 11.4. The zero-order valence-electron chi connectivity index (χ0n) is 18.0. The first-order valence-electron chi connectivity index (χ1n) is 10.7. The molecule has 32 heavy (non-hydrogen) atoms. The van der Waals surface area contributed by atoms with Crippen LogP contribution in [0, 0.1) is 0 Å². The number of pyridine rings is 1. The van der Waals surface area contributed by atoms with E-state index in [1.807, 2.05) is 35.9 Å². The van der Waals surface area contributed by atoms with Crippen LogP contribution in [-0.2, 0) is 12.6 Å². The molecule has 1 fully saturated rings. The van der Waals surface area contributed by atoms with Crippen molar-refractivity contribution in [3.63, 3.8) is 0 Å². The van der Waals surface area contributed by atoms with E-state index in [4.69, 9.17) is 28.2 Å². The Labute approximate surface area is 197 Å². The number of nitrogens with zero attached hydrogens (tertiary/aromatic N) is 4. The largest absolute Gasteiger partial charge is 0.379 e. The minimum Gasteiger partial charge on any atom is -0.379 e. The van der Waals surface area contributed by atoms with E-state index >= 15 is 0 Å². The lowest BCUT2D eigenvalue weighted by atomic mass is 9.85. The number of hydrogen-bond donors (Lipinski definition) is 2. The van der Waals surface area contributed by atoms with Crippen LogP contribution in [0.3, 0.4) is 0 Å². The minimum absolute atomic E-state index is 0.0762. The lowest BCUT2D eigenvalue weighted by Gasteiger charge is -2.36. The highest BCUT2D eigenvalue weighted by Crippen LogP contribution is 2.46. The van der Waals surface area contributed by atoms with Crippen molar-refractivity contribution in [2.45, 2.75) is 18.6 Å².